The zero-order chi connectivity index (χ0) is 14.0. The number of nitrogens with zero attached hydrogens (tertiary/aromatic N) is 1. The molecule has 0 fully saturated rings. The van der Waals surface area contributed by atoms with Gasteiger partial charge in [0.25, 0.3) is 10.0 Å². The molecule has 0 unspecified atom stereocenters. The molecule has 0 saturated heterocycles. The minimum absolute atomic E-state index is 0.0228. The molecule has 2 rings (SSSR count). The van der Waals surface area contributed by atoms with Crippen LogP contribution < -0.4 is 4.72 Å². The molecule has 0 aliphatic rings. The van der Waals surface area contributed by atoms with Crippen molar-refractivity contribution >= 4 is 21.7 Å². The van der Waals surface area contributed by atoms with Gasteiger partial charge in [0, 0.05) is 0 Å². The van der Waals surface area contributed by atoms with Gasteiger partial charge in [0.1, 0.15) is 0 Å². The maximum atomic E-state index is 12.6. The van der Waals surface area contributed by atoms with Gasteiger partial charge in [0.15, 0.2) is 0 Å². The molecule has 2 aromatic rings. The molecule has 2 heterocycles. The summed E-state index contributed by atoms with van der Waals surface area (Å²) in [6.07, 6.45) is 0.980. The van der Waals surface area contributed by atoms with E-state index < -0.39 is 32.8 Å². The highest BCUT2D eigenvalue weighted by Crippen LogP contribution is 2.18. The predicted molar refractivity (Wildman–Crippen MR) is 60.7 cm³/mol. The van der Waals surface area contributed by atoms with Gasteiger partial charge < -0.3 is 9.52 Å². The number of nitrogens with one attached hydrogen (secondary N) is 1. The van der Waals surface area contributed by atoms with E-state index in [1.165, 1.54) is 6.07 Å². The first-order valence-corrected chi connectivity index (χ1v) is 6.34. The van der Waals surface area contributed by atoms with Crippen LogP contribution in [0.4, 0.5) is 10.1 Å². The van der Waals surface area contributed by atoms with Crippen LogP contribution in [-0.4, -0.2) is 24.5 Å². The lowest BCUT2D eigenvalue weighted by Crippen LogP contribution is -2.12. The quantitative estimate of drug-likeness (QED) is 0.820. The minimum atomic E-state index is -4.08. The molecule has 19 heavy (non-hydrogen) atoms. The molecule has 0 saturated carbocycles. The van der Waals surface area contributed by atoms with Crippen LogP contribution in [0.25, 0.3) is 0 Å². The number of aromatic nitrogens is 1. The van der Waals surface area contributed by atoms with Crippen molar-refractivity contribution in [3.05, 3.63) is 42.2 Å². The monoisotopic (exact) mass is 286 g/mol. The number of rotatable bonds is 4. The van der Waals surface area contributed by atoms with Gasteiger partial charge in [0.2, 0.25) is 16.8 Å². The van der Waals surface area contributed by atoms with E-state index in [4.69, 9.17) is 5.11 Å². The average molecular weight is 286 g/mol. The molecule has 0 bridgehead atoms. The van der Waals surface area contributed by atoms with Crippen molar-refractivity contribution in [3.63, 3.8) is 0 Å². The molecule has 0 radical (unpaired) electrons. The molecule has 2 aromatic heterocycles. The van der Waals surface area contributed by atoms with E-state index >= 15 is 0 Å². The second kappa shape index (κ2) is 4.69. The van der Waals surface area contributed by atoms with E-state index in [2.05, 4.69) is 14.1 Å². The van der Waals surface area contributed by atoms with Crippen LogP contribution in [0.3, 0.4) is 0 Å². The molecule has 0 aliphatic carbocycles. The number of anilines is 1. The molecule has 7 nitrogen and oxygen atoms in total. The van der Waals surface area contributed by atoms with E-state index in [0.717, 1.165) is 24.4 Å². The van der Waals surface area contributed by atoms with Gasteiger partial charge in [-0.3, -0.25) is 4.72 Å². The van der Waals surface area contributed by atoms with Crippen LogP contribution >= 0.6 is 0 Å². The first kappa shape index (κ1) is 13.0. The summed E-state index contributed by atoms with van der Waals surface area (Å²) in [5.74, 6) is -2.64. The summed E-state index contributed by atoms with van der Waals surface area (Å²) in [4.78, 5) is 13.8. The Labute approximate surface area is 106 Å². The van der Waals surface area contributed by atoms with E-state index in [1.54, 1.807) is 0 Å². The van der Waals surface area contributed by atoms with Crippen molar-refractivity contribution in [1.29, 1.82) is 0 Å². The van der Waals surface area contributed by atoms with Crippen molar-refractivity contribution in [2.75, 3.05) is 4.72 Å². The summed E-state index contributed by atoms with van der Waals surface area (Å²) < 4.78 is 42.9. The molecule has 0 amide bonds. The van der Waals surface area contributed by atoms with Crippen molar-refractivity contribution < 1.29 is 27.1 Å². The van der Waals surface area contributed by atoms with Crippen molar-refractivity contribution in [2.24, 2.45) is 0 Å². The molecule has 0 spiro atoms. The topological polar surface area (TPSA) is 110 Å². The normalized spacial score (nSPS) is 11.2. The Balaban J connectivity index is 2.26. The summed E-state index contributed by atoms with van der Waals surface area (Å²) in [5, 5.41) is 8.06. The zero-order valence-corrected chi connectivity index (χ0v) is 10.0. The second-order valence-electron chi connectivity index (χ2n) is 3.40. The number of sulfonamides is 1. The number of halogens is 1. The molecule has 0 aromatic carbocycles. The Morgan fingerprint density at radius 1 is 1.32 bits per heavy atom. The van der Waals surface area contributed by atoms with E-state index in [-0.39, 0.29) is 5.69 Å². The van der Waals surface area contributed by atoms with Gasteiger partial charge >= 0.3 is 5.97 Å². The number of hydrogen-bond acceptors (Lipinski definition) is 5. The van der Waals surface area contributed by atoms with Crippen LogP contribution in [0, 0.1) is 5.95 Å². The Morgan fingerprint density at radius 3 is 2.58 bits per heavy atom. The maximum Gasteiger partial charge on any atom is 0.371 e. The lowest BCUT2D eigenvalue weighted by molar-refractivity contribution is 0.0656. The van der Waals surface area contributed by atoms with Crippen LogP contribution in [0.5, 0.6) is 0 Å². The fourth-order valence-electron chi connectivity index (χ4n) is 1.22. The second-order valence-corrected chi connectivity index (χ2v) is 5.01. The van der Waals surface area contributed by atoms with Crippen molar-refractivity contribution in [2.45, 2.75) is 5.09 Å². The summed E-state index contributed by atoms with van der Waals surface area (Å²) >= 11 is 0. The summed E-state index contributed by atoms with van der Waals surface area (Å²) in [5.41, 5.74) is 0.0228. The lowest BCUT2D eigenvalue weighted by atomic mass is 10.4. The number of carbonyl (C=O) groups is 1. The highest BCUT2D eigenvalue weighted by atomic mass is 32.2. The molecule has 2 N–H and O–H groups in total. The highest BCUT2D eigenvalue weighted by molar-refractivity contribution is 7.92. The van der Waals surface area contributed by atoms with Gasteiger partial charge in [-0.25, -0.2) is 9.78 Å². The molecule has 0 aliphatic heterocycles. The third kappa shape index (κ3) is 2.88. The van der Waals surface area contributed by atoms with Crippen LogP contribution in [0.15, 0.2) is 40.0 Å². The molecule has 9 heteroatoms. The Bertz CT molecular complexity index is 708. The largest absolute Gasteiger partial charge is 0.475 e. The van der Waals surface area contributed by atoms with Crippen molar-refractivity contribution in [3.8, 4) is 0 Å². The van der Waals surface area contributed by atoms with E-state index in [0.29, 0.717) is 0 Å². The molecule has 100 valence electrons. The first-order valence-electron chi connectivity index (χ1n) is 4.86. The SMILES string of the molecule is O=C(O)c1ccc(S(=O)(=O)Nc2ccc(F)nc2)o1. The number of carboxylic acid groups (broad SMARTS) is 1. The molecule has 0 atom stereocenters. The van der Waals surface area contributed by atoms with Gasteiger partial charge in [-0.1, -0.05) is 0 Å². The van der Waals surface area contributed by atoms with Gasteiger partial charge in [-0.15, -0.1) is 0 Å². The van der Waals surface area contributed by atoms with Gasteiger partial charge in [-0.2, -0.15) is 12.8 Å². The number of pyridine rings is 1. The Hall–Kier alpha value is -2.42. The first-order chi connectivity index (χ1) is 8.88. The van der Waals surface area contributed by atoms with Crippen LogP contribution in [-0.2, 0) is 10.0 Å². The fraction of sp³-hybridized carbons (Fsp3) is 0. The Morgan fingerprint density at radius 2 is 2.05 bits per heavy atom. The summed E-state index contributed by atoms with van der Waals surface area (Å²) in [6.45, 7) is 0. The maximum absolute atomic E-state index is 12.6. The number of furan rings is 1. The van der Waals surface area contributed by atoms with E-state index in [1.807, 2.05) is 0 Å². The molecular formula is C10H7FN2O5S. The number of carboxylic acids is 1. The van der Waals surface area contributed by atoms with Gasteiger partial charge in [-0.05, 0) is 24.3 Å². The third-order valence-corrected chi connectivity index (χ3v) is 3.29. The van der Waals surface area contributed by atoms with Crippen molar-refractivity contribution in [1.82, 2.24) is 4.98 Å². The number of aromatic carboxylic acids is 1. The molecular weight excluding hydrogens is 279 g/mol. The number of hydrogen-bond donors (Lipinski definition) is 2. The van der Waals surface area contributed by atoms with Crippen LogP contribution in [0.1, 0.15) is 10.6 Å². The predicted octanol–water partition coefficient (Wildman–Crippen LogP) is 1.31. The van der Waals surface area contributed by atoms with Gasteiger partial charge in [0.05, 0.1) is 11.9 Å². The average Bonchev–Trinajstić information content (AvgIpc) is 2.82. The Kier molecular flexibility index (Phi) is 3.21. The third-order valence-electron chi connectivity index (χ3n) is 2.04. The highest BCUT2D eigenvalue weighted by Gasteiger charge is 2.21. The summed E-state index contributed by atoms with van der Waals surface area (Å²) in [7, 11) is -4.08. The lowest BCUT2D eigenvalue weighted by Gasteiger charge is -2.04. The van der Waals surface area contributed by atoms with Crippen LogP contribution in [0.2, 0.25) is 0 Å². The summed E-state index contributed by atoms with van der Waals surface area (Å²) in [6, 6.07) is 4.16. The zero-order valence-electron chi connectivity index (χ0n) is 9.20. The fourth-order valence-corrected chi connectivity index (χ4v) is 2.20. The van der Waals surface area contributed by atoms with E-state index in [9.17, 15) is 17.6 Å². The standard InChI is InChI=1S/C10H7FN2O5S/c11-8-3-1-6(5-12-8)13-19(16,17)9-4-2-7(18-9)10(14)15/h1-5,13H,(H,14,15). The smallest absolute Gasteiger partial charge is 0.371 e. The minimum Gasteiger partial charge on any atom is -0.475 e.